The molecule has 0 radical (unpaired) electrons. The molecule has 3 heteroatoms. The lowest BCUT2D eigenvalue weighted by Crippen LogP contribution is -2.45. The van der Waals surface area contributed by atoms with Crippen molar-refractivity contribution in [1.29, 1.82) is 0 Å². The molecule has 1 saturated carbocycles. The van der Waals surface area contributed by atoms with Gasteiger partial charge in [-0.3, -0.25) is 4.90 Å². The Morgan fingerprint density at radius 3 is 2.94 bits per heavy atom. The summed E-state index contributed by atoms with van der Waals surface area (Å²) in [6.07, 6.45) is 7.05. The highest BCUT2D eigenvalue weighted by atomic mass is 16.5. The van der Waals surface area contributed by atoms with Crippen LogP contribution in [0.3, 0.4) is 0 Å². The van der Waals surface area contributed by atoms with Gasteiger partial charge in [0.15, 0.2) is 0 Å². The number of nitrogens with one attached hydrogen (secondary N) is 1. The van der Waals surface area contributed by atoms with Crippen LogP contribution in [0.1, 0.15) is 39.0 Å². The van der Waals surface area contributed by atoms with Gasteiger partial charge in [-0.15, -0.1) is 0 Å². The zero-order valence-electron chi connectivity index (χ0n) is 10.7. The number of rotatable bonds is 2. The number of hydrogen-bond donors (Lipinski definition) is 1. The minimum atomic E-state index is 0.414. The van der Waals surface area contributed by atoms with Gasteiger partial charge in [0.1, 0.15) is 0 Å². The highest BCUT2D eigenvalue weighted by Gasteiger charge is 2.27. The molecule has 16 heavy (non-hydrogen) atoms. The van der Waals surface area contributed by atoms with Gasteiger partial charge in [-0.2, -0.15) is 0 Å². The third-order valence-corrected chi connectivity index (χ3v) is 4.05. The standard InChI is InChI=1S/C13H26N2O/c1-11-10-15(7-4-8-16-11)13-6-3-5-12(9-13)14-2/h11-14H,3-10H2,1-2H3. The lowest BCUT2D eigenvalue weighted by molar-refractivity contribution is 0.0543. The summed E-state index contributed by atoms with van der Waals surface area (Å²) in [5.41, 5.74) is 0. The van der Waals surface area contributed by atoms with E-state index in [1.807, 2.05) is 0 Å². The van der Waals surface area contributed by atoms with Crippen molar-refractivity contribution in [3.8, 4) is 0 Å². The van der Waals surface area contributed by atoms with Crippen LogP contribution in [-0.2, 0) is 4.74 Å². The first-order chi connectivity index (χ1) is 7.79. The van der Waals surface area contributed by atoms with Crippen LogP contribution in [-0.4, -0.2) is 49.8 Å². The second kappa shape index (κ2) is 5.99. The molecular formula is C13H26N2O. The lowest BCUT2D eigenvalue weighted by atomic mass is 9.90. The summed E-state index contributed by atoms with van der Waals surface area (Å²) in [7, 11) is 2.10. The summed E-state index contributed by atoms with van der Waals surface area (Å²) in [5, 5.41) is 3.44. The first-order valence-corrected chi connectivity index (χ1v) is 6.82. The molecule has 94 valence electrons. The highest BCUT2D eigenvalue weighted by Crippen LogP contribution is 2.24. The number of nitrogens with zero attached hydrogens (tertiary/aromatic N) is 1. The Morgan fingerprint density at radius 1 is 1.25 bits per heavy atom. The summed E-state index contributed by atoms with van der Waals surface area (Å²) in [5.74, 6) is 0. The van der Waals surface area contributed by atoms with Crippen LogP contribution >= 0.6 is 0 Å². The maximum absolute atomic E-state index is 5.72. The Bertz CT molecular complexity index is 210. The predicted molar refractivity (Wildman–Crippen MR) is 66.7 cm³/mol. The summed E-state index contributed by atoms with van der Waals surface area (Å²) < 4.78 is 5.72. The molecule has 3 nitrogen and oxygen atoms in total. The second-order valence-electron chi connectivity index (χ2n) is 5.34. The van der Waals surface area contributed by atoms with Gasteiger partial charge >= 0.3 is 0 Å². The van der Waals surface area contributed by atoms with E-state index < -0.39 is 0 Å². The van der Waals surface area contributed by atoms with Crippen LogP contribution in [0.15, 0.2) is 0 Å². The summed E-state index contributed by atoms with van der Waals surface area (Å²) in [6, 6.07) is 1.52. The first-order valence-electron chi connectivity index (χ1n) is 6.82. The van der Waals surface area contributed by atoms with E-state index in [2.05, 4.69) is 24.2 Å². The van der Waals surface area contributed by atoms with Crippen molar-refractivity contribution in [3.63, 3.8) is 0 Å². The quantitative estimate of drug-likeness (QED) is 0.774. The molecule has 0 amide bonds. The average molecular weight is 226 g/mol. The van der Waals surface area contributed by atoms with Crippen molar-refractivity contribution < 1.29 is 4.74 Å². The van der Waals surface area contributed by atoms with E-state index in [-0.39, 0.29) is 0 Å². The summed E-state index contributed by atoms with van der Waals surface area (Å²) in [6.45, 7) is 5.50. The van der Waals surface area contributed by atoms with Gasteiger partial charge in [-0.25, -0.2) is 0 Å². The van der Waals surface area contributed by atoms with Gasteiger partial charge in [-0.05, 0) is 39.7 Å². The molecule has 2 fully saturated rings. The predicted octanol–water partition coefficient (Wildman–Crippen LogP) is 1.63. The van der Waals surface area contributed by atoms with Gasteiger partial charge < -0.3 is 10.1 Å². The molecular weight excluding hydrogens is 200 g/mol. The van der Waals surface area contributed by atoms with Gasteiger partial charge in [-0.1, -0.05) is 6.42 Å². The van der Waals surface area contributed by atoms with Gasteiger partial charge in [0.25, 0.3) is 0 Å². The van der Waals surface area contributed by atoms with Gasteiger partial charge in [0.2, 0.25) is 0 Å². The highest BCUT2D eigenvalue weighted by molar-refractivity contribution is 4.84. The minimum Gasteiger partial charge on any atom is -0.377 e. The Labute approximate surface area is 99.5 Å². The Morgan fingerprint density at radius 2 is 2.12 bits per heavy atom. The third-order valence-electron chi connectivity index (χ3n) is 4.05. The van der Waals surface area contributed by atoms with E-state index in [4.69, 9.17) is 4.74 Å². The van der Waals surface area contributed by atoms with Crippen LogP contribution in [0.5, 0.6) is 0 Å². The molecule has 1 aliphatic heterocycles. The molecule has 0 bridgehead atoms. The van der Waals surface area contributed by atoms with Crippen LogP contribution in [0, 0.1) is 0 Å². The maximum atomic E-state index is 5.72. The Kier molecular flexibility index (Phi) is 4.62. The molecule has 1 N–H and O–H groups in total. The molecule has 1 aliphatic carbocycles. The van der Waals surface area contributed by atoms with Crippen molar-refractivity contribution in [3.05, 3.63) is 0 Å². The minimum absolute atomic E-state index is 0.414. The molecule has 2 aliphatic rings. The van der Waals surface area contributed by atoms with E-state index in [1.54, 1.807) is 0 Å². The fraction of sp³-hybridized carbons (Fsp3) is 1.00. The Hall–Kier alpha value is -0.120. The normalized spacial score (nSPS) is 38.2. The number of ether oxygens (including phenoxy) is 1. The maximum Gasteiger partial charge on any atom is 0.0674 e. The molecule has 3 unspecified atom stereocenters. The summed E-state index contributed by atoms with van der Waals surface area (Å²) in [4.78, 5) is 2.67. The zero-order valence-corrected chi connectivity index (χ0v) is 10.7. The zero-order chi connectivity index (χ0) is 11.4. The van der Waals surface area contributed by atoms with Crippen LogP contribution in [0.4, 0.5) is 0 Å². The number of hydrogen-bond acceptors (Lipinski definition) is 3. The molecule has 1 heterocycles. The van der Waals surface area contributed by atoms with Crippen LogP contribution in [0.25, 0.3) is 0 Å². The third kappa shape index (κ3) is 3.19. The van der Waals surface area contributed by atoms with Crippen molar-refractivity contribution in [2.24, 2.45) is 0 Å². The molecule has 2 rings (SSSR count). The van der Waals surface area contributed by atoms with Crippen molar-refractivity contribution in [2.75, 3.05) is 26.7 Å². The molecule has 0 spiro atoms. The van der Waals surface area contributed by atoms with Crippen molar-refractivity contribution in [1.82, 2.24) is 10.2 Å². The first kappa shape index (κ1) is 12.3. The lowest BCUT2D eigenvalue weighted by Gasteiger charge is -2.37. The molecule has 1 saturated heterocycles. The van der Waals surface area contributed by atoms with Crippen LogP contribution in [0.2, 0.25) is 0 Å². The van der Waals surface area contributed by atoms with E-state index in [1.165, 1.54) is 38.6 Å². The van der Waals surface area contributed by atoms with Crippen molar-refractivity contribution >= 4 is 0 Å². The second-order valence-corrected chi connectivity index (χ2v) is 5.34. The monoisotopic (exact) mass is 226 g/mol. The topological polar surface area (TPSA) is 24.5 Å². The smallest absolute Gasteiger partial charge is 0.0674 e. The fourth-order valence-corrected chi connectivity index (χ4v) is 3.12. The Balaban J connectivity index is 1.89. The largest absolute Gasteiger partial charge is 0.377 e. The average Bonchev–Trinajstić information content (AvgIpc) is 2.54. The van der Waals surface area contributed by atoms with Gasteiger partial charge in [0, 0.05) is 31.8 Å². The molecule has 3 atom stereocenters. The van der Waals surface area contributed by atoms with E-state index >= 15 is 0 Å². The van der Waals surface area contributed by atoms with Crippen molar-refractivity contribution in [2.45, 2.75) is 57.2 Å². The van der Waals surface area contributed by atoms with E-state index in [0.717, 1.165) is 25.2 Å². The molecule has 0 aromatic carbocycles. The molecule has 0 aromatic rings. The fourth-order valence-electron chi connectivity index (χ4n) is 3.12. The molecule has 0 aromatic heterocycles. The van der Waals surface area contributed by atoms with Gasteiger partial charge in [0.05, 0.1) is 6.10 Å². The summed E-state index contributed by atoms with van der Waals surface area (Å²) >= 11 is 0. The van der Waals surface area contributed by atoms with E-state index in [0.29, 0.717) is 6.10 Å². The SMILES string of the molecule is CNC1CCCC(N2CCCOC(C)C2)C1. The van der Waals surface area contributed by atoms with E-state index in [9.17, 15) is 0 Å². The van der Waals surface area contributed by atoms with Crippen LogP contribution < -0.4 is 5.32 Å².